The third-order valence-corrected chi connectivity index (χ3v) is 17.6. The lowest BCUT2D eigenvalue weighted by atomic mass is 9.94. The largest absolute Gasteiger partial charge is 0.391 e. The highest BCUT2D eigenvalue weighted by Crippen LogP contribution is 2.23. The third kappa shape index (κ3) is 26.2. The number of nitrogens with two attached hydrogens (primary N) is 2. The van der Waals surface area contributed by atoms with Gasteiger partial charge in [0, 0.05) is 32.5 Å². The van der Waals surface area contributed by atoms with Crippen LogP contribution in [0.4, 0.5) is 0 Å². The van der Waals surface area contributed by atoms with E-state index in [0.717, 1.165) is 43.0 Å². The molecule has 0 aromatic heterocycles. The molecule has 33 heteroatoms. The summed E-state index contributed by atoms with van der Waals surface area (Å²) < 4.78 is 0. The summed E-state index contributed by atoms with van der Waals surface area (Å²) in [5.74, 6) is -18.6. The van der Waals surface area contributed by atoms with Crippen LogP contribution in [0.3, 0.4) is 0 Å². The number of carbonyl (C=O) groups is 14. The van der Waals surface area contributed by atoms with E-state index in [4.69, 9.17) is 11.5 Å². The molecular weight excluding hydrogens is 1280 g/mol. The van der Waals surface area contributed by atoms with E-state index in [-0.39, 0.29) is 44.6 Å². The summed E-state index contributed by atoms with van der Waals surface area (Å²) in [5, 5.41) is 81.1. The molecule has 0 aromatic carbocycles. The van der Waals surface area contributed by atoms with Crippen LogP contribution in [0.15, 0.2) is 0 Å². The average Bonchev–Trinajstić information content (AvgIpc) is 1.70. The Morgan fingerprint density at radius 2 is 1.01 bits per heavy atom. The Bertz CT molecular complexity index is 2750. The predicted octanol–water partition coefficient (Wildman–Crippen LogP) is -3.91. The van der Waals surface area contributed by atoms with Gasteiger partial charge in [-0.3, -0.25) is 67.1 Å². The zero-order valence-corrected chi connectivity index (χ0v) is 59.6. The van der Waals surface area contributed by atoms with Gasteiger partial charge < -0.3 is 100.0 Å². The number of primary amides is 2. The molecule has 2 rings (SSSR count). The fraction of sp³-hybridized carbons (Fsp3) is 0.785. The third-order valence-electron chi connectivity index (χ3n) is 17.6. The van der Waals surface area contributed by atoms with Gasteiger partial charge in [-0.15, -0.1) is 0 Å². The molecular formula is C65H114N14O19. The molecule has 0 unspecified atom stereocenters. The molecule has 0 aliphatic carbocycles. The number of unbranched alkanes of at least 4 members (excludes halogenated alkanes) is 4. The van der Waals surface area contributed by atoms with Gasteiger partial charge in [-0.1, -0.05) is 115 Å². The van der Waals surface area contributed by atoms with Gasteiger partial charge in [0.25, 0.3) is 0 Å². The number of amides is 14. The molecule has 2 aliphatic rings. The van der Waals surface area contributed by atoms with E-state index >= 15 is 0 Å². The second-order valence-electron chi connectivity index (χ2n) is 27.6. The molecule has 2 fully saturated rings. The van der Waals surface area contributed by atoms with E-state index in [9.17, 15) is 92.7 Å². The van der Waals surface area contributed by atoms with Gasteiger partial charge in [0.1, 0.15) is 66.5 Å². The lowest BCUT2D eigenvalue weighted by Gasteiger charge is -2.36. The molecule has 0 saturated carbocycles. The van der Waals surface area contributed by atoms with E-state index in [1.807, 2.05) is 6.92 Å². The Labute approximate surface area is 574 Å². The molecule has 98 heavy (non-hydrogen) atoms. The van der Waals surface area contributed by atoms with Gasteiger partial charge in [0.15, 0.2) is 6.10 Å². The van der Waals surface area contributed by atoms with Gasteiger partial charge in [-0.05, 0) is 82.5 Å². The number of likely N-dealkylation sites (N-methyl/N-ethyl adjacent to an activating group) is 1. The zero-order chi connectivity index (χ0) is 74.9. The summed E-state index contributed by atoms with van der Waals surface area (Å²) in [6.45, 7) is 21.2. The molecule has 14 amide bonds. The van der Waals surface area contributed by atoms with Crippen molar-refractivity contribution in [3.63, 3.8) is 0 Å². The number of hydrogen-bond acceptors (Lipinski definition) is 19. The number of carbonyl (C=O) groups excluding carboxylic acids is 14. The molecule has 2 saturated heterocycles. The van der Waals surface area contributed by atoms with Crippen molar-refractivity contribution in [3.8, 4) is 0 Å². The van der Waals surface area contributed by atoms with Gasteiger partial charge in [0.2, 0.25) is 82.7 Å². The van der Waals surface area contributed by atoms with Crippen LogP contribution >= 0.6 is 0 Å². The smallest absolute Gasteiger partial charge is 0.248 e. The summed E-state index contributed by atoms with van der Waals surface area (Å²) >= 11 is 0. The SMILES string of the molecule is CCCCCCC[C@@H]1CC(=O)N[C@@H](C(C)C)C(=O)N[C@@H]([C@@H](O)C(C)C)C(=O)N[C@@H](C)C(=O)N[C@H]([C@@H](O)C(C)C)C(=O)N[C@@H](CCC(N)=O)C(=O)N(C)[C@@H]([C@@H](C)CC)C(=O)N[C@H]([C@@H](O)C(N)=O)C(=O)N[C@@H]([C@@H](C)O)C(=O)N2CCC[C@H]2C(=O)N[C@H](CC(C)C)C(=O)N[C@@H]([C@@H](C)O)C(=O)N1. The first-order valence-electron chi connectivity index (χ1n) is 34.2. The van der Waals surface area contributed by atoms with E-state index in [0.29, 0.717) is 12.8 Å². The molecule has 18 atom stereocenters. The van der Waals surface area contributed by atoms with Gasteiger partial charge in [-0.25, -0.2) is 0 Å². The zero-order valence-electron chi connectivity index (χ0n) is 59.6. The van der Waals surface area contributed by atoms with Crippen LogP contribution < -0.4 is 64.6 Å². The van der Waals surface area contributed by atoms with Crippen molar-refractivity contribution in [3.05, 3.63) is 0 Å². The van der Waals surface area contributed by atoms with Crippen LogP contribution in [0.2, 0.25) is 0 Å². The van der Waals surface area contributed by atoms with Crippen molar-refractivity contribution in [1.82, 2.24) is 63.0 Å². The summed E-state index contributed by atoms with van der Waals surface area (Å²) in [4.78, 5) is 199. The molecule has 0 spiro atoms. The lowest BCUT2D eigenvalue weighted by molar-refractivity contribution is -0.148. The first kappa shape index (κ1) is 86.5. The topological polar surface area (TPSA) is 519 Å². The number of nitrogens with one attached hydrogen (secondary N) is 10. The molecule has 2 aliphatic heterocycles. The van der Waals surface area contributed by atoms with Crippen molar-refractivity contribution in [2.24, 2.45) is 41.1 Å². The van der Waals surface area contributed by atoms with Crippen molar-refractivity contribution in [2.45, 2.75) is 283 Å². The molecule has 0 aromatic rings. The highest BCUT2D eigenvalue weighted by Gasteiger charge is 2.46. The minimum Gasteiger partial charge on any atom is -0.391 e. The van der Waals surface area contributed by atoms with Crippen LogP contribution in [0.1, 0.15) is 180 Å². The van der Waals surface area contributed by atoms with Crippen LogP contribution in [0.5, 0.6) is 0 Å². The molecule has 19 N–H and O–H groups in total. The number of aliphatic hydroxyl groups excluding tert-OH is 5. The molecule has 558 valence electrons. The number of nitrogens with zero attached hydrogens (tertiary/aromatic N) is 2. The molecule has 0 bridgehead atoms. The second-order valence-corrected chi connectivity index (χ2v) is 27.6. The Hall–Kier alpha value is -7.62. The number of hydrogen-bond donors (Lipinski definition) is 17. The fourth-order valence-electron chi connectivity index (χ4n) is 11.4. The molecule has 33 nitrogen and oxygen atoms in total. The maximum atomic E-state index is 14.8. The lowest BCUT2D eigenvalue weighted by Crippen LogP contribution is -2.65. The van der Waals surface area contributed by atoms with Gasteiger partial charge in [-0.2, -0.15) is 0 Å². The minimum atomic E-state index is -2.56. The maximum absolute atomic E-state index is 14.8. The highest BCUT2D eigenvalue weighted by molar-refractivity contribution is 6.01. The van der Waals surface area contributed by atoms with Crippen LogP contribution in [-0.4, -0.2) is 235 Å². The fourth-order valence-corrected chi connectivity index (χ4v) is 11.4. The van der Waals surface area contributed by atoms with Crippen molar-refractivity contribution >= 4 is 82.7 Å². The van der Waals surface area contributed by atoms with Crippen molar-refractivity contribution in [1.29, 1.82) is 0 Å². The summed E-state index contributed by atoms with van der Waals surface area (Å²) in [6.07, 6.45) is -6.56. The van der Waals surface area contributed by atoms with Crippen LogP contribution in [0.25, 0.3) is 0 Å². The van der Waals surface area contributed by atoms with E-state index in [1.54, 1.807) is 34.6 Å². The first-order valence-corrected chi connectivity index (χ1v) is 34.2. The summed E-state index contributed by atoms with van der Waals surface area (Å²) in [5.41, 5.74) is 11.0. The summed E-state index contributed by atoms with van der Waals surface area (Å²) in [7, 11) is 1.11. The number of aliphatic hydroxyl groups is 5. The van der Waals surface area contributed by atoms with Gasteiger partial charge >= 0.3 is 0 Å². The Balaban J connectivity index is 2.98. The Morgan fingerprint density at radius 1 is 0.520 bits per heavy atom. The van der Waals surface area contributed by atoms with Crippen molar-refractivity contribution < 1.29 is 92.7 Å². The molecule has 0 radical (unpaired) electrons. The normalized spacial score (nSPS) is 27.9. The Morgan fingerprint density at radius 3 is 1.52 bits per heavy atom. The van der Waals surface area contributed by atoms with E-state index < -0.39 is 229 Å². The first-order chi connectivity index (χ1) is 45.6. The second kappa shape index (κ2) is 41.1. The molecule has 2 heterocycles. The van der Waals surface area contributed by atoms with Crippen LogP contribution in [-0.2, 0) is 67.1 Å². The van der Waals surface area contributed by atoms with E-state index in [2.05, 4.69) is 53.2 Å². The monoisotopic (exact) mass is 1390 g/mol. The van der Waals surface area contributed by atoms with E-state index in [1.165, 1.54) is 48.5 Å². The predicted molar refractivity (Wildman–Crippen MR) is 357 cm³/mol. The number of rotatable bonds is 22. The average molecular weight is 1400 g/mol. The minimum absolute atomic E-state index is 0.00655. The van der Waals surface area contributed by atoms with Crippen molar-refractivity contribution in [2.75, 3.05) is 13.6 Å². The quantitative estimate of drug-likeness (QED) is 0.0461. The van der Waals surface area contributed by atoms with Gasteiger partial charge in [0.05, 0.1) is 24.4 Å². The highest BCUT2D eigenvalue weighted by atomic mass is 16.3. The summed E-state index contributed by atoms with van der Waals surface area (Å²) in [6, 6.07) is -20.0. The van der Waals surface area contributed by atoms with Crippen LogP contribution in [0, 0.1) is 29.6 Å². The number of fused-ring (bicyclic) bond motifs is 1. The standard InChI is InChI=1S/C65H114N14O19/c1-16-18-19-20-21-23-38-29-43(83)72-44(31(5)6)58(91)76-47(51(84)32(7)8)60(93)68-35(12)55(88)75-48(52(85)33(9)10)61(94)70-39(25-26-42(66)82)64(97)78(15)50(34(11)17-2)63(96)77-49(53(86)54(67)87)62(95)74-46(37(14)81)65(98)79-27-22-24-41(79)57(90)71-40(28-30(3)4)56(89)73-45(36(13)80)59(92)69-38/h30-41,44-53,80-81,84-86H,16-29H2,1-15H3,(H2,66,82)(H2,67,87)(H,68,93)(H,69,92)(H,70,94)(H,71,90)(H,72,83)(H,73,89)(H,74,95)(H,75,88)(H,76,91)(H,77,96)/t34-,35-,36+,37+,38+,39-,40+,41-,44-,45-,46-,47-,48+,49+,50-,51-,52-,53+/m0/s1. The Kier molecular flexibility index (Phi) is 36.2. The maximum Gasteiger partial charge on any atom is 0.248 e.